The Labute approximate surface area is 165 Å². The first kappa shape index (κ1) is 21.0. The Hall–Kier alpha value is -2.35. The number of piperazine rings is 1. The summed E-state index contributed by atoms with van der Waals surface area (Å²) < 4.78 is 10.5. The molecule has 1 unspecified atom stereocenters. The van der Waals surface area contributed by atoms with Gasteiger partial charge in [-0.05, 0) is 23.8 Å². The molecular formula is C19H25ClN4O3. The van der Waals surface area contributed by atoms with Crippen LogP contribution in [0.2, 0.25) is 0 Å². The smallest absolute Gasteiger partial charge is 0.238 e. The van der Waals surface area contributed by atoms with E-state index in [2.05, 4.69) is 20.5 Å². The van der Waals surface area contributed by atoms with Crippen LogP contribution in [0.5, 0.6) is 11.5 Å². The van der Waals surface area contributed by atoms with E-state index >= 15 is 0 Å². The lowest BCUT2D eigenvalue weighted by Gasteiger charge is -2.35. The van der Waals surface area contributed by atoms with E-state index in [1.165, 1.54) is 0 Å². The second-order valence-corrected chi connectivity index (χ2v) is 6.09. The van der Waals surface area contributed by atoms with Crippen molar-refractivity contribution in [2.24, 2.45) is 0 Å². The van der Waals surface area contributed by atoms with Crippen molar-refractivity contribution in [2.75, 3.05) is 45.7 Å². The van der Waals surface area contributed by atoms with E-state index in [-0.39, 0.29) is 24.4 Å². The molecule has 1 aromatic carbocycles. The monoisotopic (exact) mass is 392 g/mol. The highest BCUT2D eigenvalue weighted by molar-refractivity contribution is 5.92. The first-order chi connectivity index (χ1) is 12.7. The van der Waals surface area contributed by atoms with Crippen LogP contribution in [-0.2, 0) is 4.79 Å². The number of benzene rings is 1. The minimum absolute atomic E-state index is 0. The summed E-state index contributed by atoms with van der Waals surface area (Å²) in [7, 11) is 3.15. The van der Waals surface area contributed by atoms with Gasteiger partial charge >= 0.3 is 0 Å². The molecule has 27 heavy (non-hydrogen) atoms. The number of hydrogen-bond donors (Lipinski definition) is 2. The average molecular weight is 393 g/mol. The van der Waals surface area contributed by atoms with Crippen LogP contribution in [0.15, 0.2) is 42.7 Å². The number of pyridine rings is 1. The molecule has 8 heteroatoms. The van der Waals surface area contributed by atoms with Crippen LogP contribution in [0, 0.1) is 0 Å². The normalized spacial score (nSPS) is 16.9. The van der Waals surface area contributed by atoms with Crippen molar-refractivity contribution in [1.29, 1.82) is 0 Å². The topological polar surface area (TPSA) is 75.7 Å². The number of carbonyl (C=O) groups excluding carboxylic acids is 1. The van der Waals surface area contributed by atoms with Gasteiger partial charge < -0.3 is 20.1 Å². The molecule has 3 rings (SSSR count). The van der Waals surface area contributed by atoms with Crippen LogP contribution in [0.4, 0.5) is 5.69 Å². The van der Waals surface area contributed by atoms with Gasteiger partial charge in [-0.2, -0.15) is 0 Å². The summed E-state index contributed by atoms with van der Waals surface area (Å²) in [4.78, 5) is 18.9. The molecule has 1 fully saturated rings. The number of nitrogens with one attached hydrogen (secondary N) is 2. The molecule has 2 heterocycles. The van der Waals surface area contributed by atoms with E-state index in [4.69, 9.17) is 9.47 Å². The molecule has 0 bridgehead atoms. The van der Waals surface area contributed by atoms with Gasteiger partial charge in [-0.15, -0.1) is 12.4 Å². The Kier molecular flexibility index (Phi) is 7.84. The average Bonchev–Trinajstić information content (AvgIpc) is 2.69. The van der Waals surface area contributed by atoms with E-state index in [0.29, 0.717) is 23.7 Å². The Morgan fingerprint density at radius 1 is 1.30 bits per heavy atom. The maximum Gasteiger partial charge on any atom is 0.238 e. The number of hydrogen-bond acceptors (Lipinski definition) is 6. The number of aromatic nitrogens is 1. The molecule has 1 amide bonds. The molecular weight excluding hydrogens is 368 g/mol. The van der Waals surface area contributed by atoms with Gasteiger partial charge in [0.1, 0.15) is 0 Å². The van der Waals surface area contributed by atoms with Crippen molar-refractivity contribution < 1.29 is 14.3 Å². The first-order valence-corrected chi connectivity index (χ1v) is 8.58. The highest BCUT2D eigenvalue weighted by Crippen LogP contribution is 2.29. The maximum absolute atomic E-state index is 12.6. The zero-order valence-electron chi connectivity index (χ0n) is 15.5. The number of rotatable bonds is 6. The van der Waals surface area contributed by atoms with Gasteiger partial charge in [-0.25, -0.2) is 0 Å². The zero-order chi connectivity index (χ0) is 18.4. The van der Waals surface area contributed by atoms with Gasteiger partial charge in [0.15, 0.2) is 11.5 Å². The molecule has 0 radical (unpaired) electrons. The van der Waals surface area contributed by atoms with E-state index in [0.717, 1.165) is 25.2 Å². The summed E-state index contributed by atoms with van der Waals surface area (Å²) in [5, 5.41) is 6.32. The maximum atomic E-state index is 12.6. The van der Waals surface area contributed by atoms with E-state index in [1.807, 2.05) is 18.3 Å². The standard InChI is InChI=1S/C19H24N4O3.ClH/c1-25-17-6-5-15(10-18(17)26-2)22-19(24)13-23-9-8-21-12-16(23)14-4-3-7-20-11-14;/h3-7,10-11,16,21H,8-9,12-13H2,1-2H3,(H,22,24);1H. The van der Waals surface area contributed by atoms with E-state index in [9.17, 15) is 4.79 Å². The van der Waals surface area contributed by atoms with Crippen LogP contribution in [-0.4, -0.2) is 56.2 Å². The van der Waals surface area contributed by atoms with Gasteiger partial charge in [-0.1, -0.05) is 6.07 Å². The quantitative estimate of drug-likeness (QED) is 0.784. The van der Waals surface area contributed by atoms with E-state index < -0.39 is 0 Å². The lowest BCUT2D eigenvalue weighted by molar-refractivity contribution is -0.118. The van der Waals surface area contributed by atoms with Crippen molar-refractivity contribution in [3.05, 3.63) is 48.3 Å². The molecule has 0 aliphatic carbocycles. The van der Waals surface area contributed by atoms with Crippen molar-refractivity contribution in [1.82, 2.24) is 15.2 Å². The summed E-state index contributed by atoms with van der Waals surface area (Å²) in [6.45, 7) is 2.78. The molecule has 2 aromatic rings. The van der Waals surface area contributed by atoms with Gasteiger partial charge in [0.2, 0.25) is 5.91 Å². The number of nitrogens with zero attached hydrogens (tertiary/aromatic N) is 2. The van der Waals surface area contributed by atoms with Crippen LogP contribution in [0.3, 0.4) is 0 Å². The number of methoxy groups -OCH3 is 2. The first-order valence-electron chi connectivity index (χ1n) is 8.58. The van der Waals surface area contributed by atoms with E-state index in [1.54, 1.807) is 38.6 Å². The lowest BCUT2D eigenvalue weighted by atomic mass is 10.1. The second-order valence-electron chi connectivity index (χ2n) is 6.09. The SMILES string of the molecule is COc1ccc(NC(=O)CN2CCNCC2c2cccnc2)cc1OC.Cl. The summed E-state index contributed by atoms with van der Waals surface area (Å²) in [5.74, 6) is 1.15. The molecule has 2 N–H and O–H groups in total. The molecule has 0 spiro atoms. The second kappa shape index (κ2) is 10.1. The Morgan fingerprint density at radius 2 is 2.11 bits per heavy atom. The van der Waals surface area contributed by atoms with Gasteiger partial charge in [0.05, 0.1) is 20.8 Å². The summed E-state index contributed by atoms with van der Waals surface area (Å²) in [6, 6.07) is 9.43. The number of halogens is 1. The molecule has 0 saturated carbocycles. The predicted octanol–water partition coefficient (Wildman–Crippen LogP) is 2.11. The lowest BCUT2D eigenvalue weighted by Crippen LogP contribution is -2.48. The molecule has 7 nitrogen and oxygen atoms in total. The van der Waals surface area contributed by atoms with Crippen LogP contribution >= 0.6 is 12.4 Å². The summed E-state index contributed by atoms with van der Waals surface area (Å²) in [5.41, 5.74) is 1.79. The third kappa shape index (κ3) is 5.32. The fraction of sp³-hybridized carbons (Fsp3) is 0.368. The predicted molar refractivity (Wildman–Crippen MR) is 107 cm³/mol. The van der Waals surface area contributed by atoms with Crippen LogP contribution < -0.4 is 20.1 Å². The zero-order valence-corrected chi connectivity index (χ0v) is 16.3. The Bertz CT molecular complexity index is 745. The number of carbonyl (C=O) groups is 1. The van der Waals surface area contributed by atoms with Crippen LogP contribution in [0.1, 0.15) is 11.6 Å². The fourth-order valence-corrected chi connectivity index (χ4v) is 3.14. The largest absolute Gasteiger partial charge is 0.493 e. The number of anilines is 1. The molecule has 1 saturated heterocycles. The Morgan fingerprint density at radius 3 is 2.81 bits per heavy atom. The molecule has 146 valence electrons. The third-order valence-corrected chi connectivity index (χ3v) is 4.44. The van der Waals surface area contributed by atoms with Gasteiger partial charge in [-0.3, -0.25) is 14.7 Å². The molecule has 1 aliphatic heterocycles. The highest BCUT2D eigenvalue weighted by atomic mass is 35.5. The minimum atomic E-state index is -0.0620. The fourth-order valence-electron chi connectivity index (χ4n) is 3.14. The minimum Gasteiger partial charge on any atom is -0.493 e. The number of amides is 1. The third-order valence-electron chi connectivity index (χ3n) is 4.44. The van der Waals surface area contributed by atoms with Gasteiger partial charge in [0, 0.05) is 49.8 Å². The van der Waals surface area contributed by atoms with Gasteiger partial charge in [0.25, 0.3) is 0 Å². The van der Waals surface area contributed by atoms with Crippen molar-refractivity contribution >= 4 is 24.0 Å². The van der Waals surface area contributed by atoms with Crippen LogP contribution in [0.25, 0.3) is 0 Å². The molecule has 1 atom stereocenters. The summed E-state index contributed by atoms with van der Waals surface area (Å²) in [6.07, 6.45) is 3.62. The molecule has 1 aromatic heterocycles. The van der Waals surface area contributed by atoms with Crippen molar-refractivity contribution in [3.8, 4) is 11.5 Å². The molecule has 1 aliphatic rings. The van der Waals surface area contributed by atoms with Crippen molar-refractivity contribution in [2.45, 2.75) is 6.04 Å². The Balaban J connectivity index is 0.00000261. The van der Waals surface area contributed by atoms with Crippen molar-refractivity contribution in [3.63, 3.8) is 0 Å². The summed E-state index contributed by atoms with van der Waals surface area (Å²) >= 11 is 0. The highest BCUT2D eigenvalue weighted by Gasteiger charge is 2.25. The number of ether oxygens (including phenoxy) is 2.